The Hall–Kier alpha value is -2.86. The van der Waals surface area contributed by atoms with Crippen LogP contribution in [-0.4, -0.2) is 45.6 Å². The quantitative estimate of drug-likeness (QED) is 0.523. The third-order valence-corrected chi connectivity index (χ3v) is 5.07. The van der Waals surface area contributed by atoms with Gasteiger partial charge >= 0.3 is 0 Å². The number of aromatic nitrogens is 2. The molecule has 0 amide bonds. The summed E-state index contributed by atoms with van der Waals surface area (Å²) in [5.74, 6) is 0.184. The molecule has 2 N–H and O–H groups in total. The molecule has 0 fully saturated rings. The summed E-state index contributed by atoms with van der Waals surface area (Å²) in [5.41, 5.74) is 3.08. The SMILES string of the molecule is CCN(CC)CCNc1ccc2ncn3c4cc(=O)ccc4c(O)c1c23. The molecule has 0 unspecified atom stereocenters. The van der Waals surface area contributed by atoms with Crippen LogP contribution in [0.25, 0.3) is 27.3 Å². The first-order valence-corrected chi connectivity index (χ1v) is 8.98. The molecule has 2 aromatic carbocycles. The van der Waals surface area contributed by atoms with Crippen LogP contribution in [0.2, 0.25) is 0 Å². The summed E-state index contributed by atoms with van der Waals surface area (Å²) in [6.45, 7) is 8.05. The van der Waals surface area contributed by atoms with E-state index >= 15 is 0 Å². The average Bonchev–Trinajstić information content (AvgIpc) is 3.08. The largest absolute Gasteiger partial charge is 0.506 e. The number of likely N-dealkylation sites (N-methyl/N-ethyl adjacent to an activating group) is 1. The Morgan fingerprint density at radius 1 is 1.19 bits per heavy atom. The van der Waals surface area contributed by atoms with Crippen molar-refractivity contribution in [2.45, 2.75) is 13.8 Å². The van der Waals surface area contributed by atoms with Gasteiger partial charge in [0, 0.05) is 30.2 Å². The lowest BCUT2D eigenvalue weighted by Crippen LogP contribution is -2.28. The normalized spacial score (nSPS) is 12.0. The fourth-order valence-corrected chi connectivity index (χ4v) is 3.61. The third-order valence-electron chi connectivity index (χ3n) is 5.07. The molecular weight excluding hydrogens is 328 g/mol. The number of imidazole rings is 1. The Kier molecular flexibility index (Phi) is 4.12. The van der Waals surface area contributed by atoms with Gasteiger partial charge < -0.3 is 15.3 Å². The van der Waals surface area contributed by atoms with Crippen molar-refractivity contribution < 1.29 is 5.11 Å². The maximum atomic E-state index is 11.8. The first-order chi connectivity index (χ1) is 12.6. The number of pyridine rings is 1. The number of nitrogens with one attached hydrogen (secondary N) is 1. The average molecular weight is 350 g/mol. The molecule has 2 heterocycles. The number of rotatable bonds is 6. The summed E-state index contributed by atoms with van der Waals surface area (Å²) in [7, 11) is 0. The number of hydrogen-bond donors (Lipinski definition) is 2. The summed E-state index contributed by atoms with van der Waals surface area (Å²) in [5, 5.41) is 15.8. The van der Waals surface area contributed by atoms with Crippen LogP contribution >= 0.6 is 0 Å². The maximum absolute atomic E-state index is 11.8. The molecule has 2 aromatic heterocycles. The highest BCUT2D eigenvalue weighted by Gasteiger charge is 2.17. The Labute approximate surface area is 151 Å². The summed E-state index contributed by atoms with van der Waals surface area (Å²) in [4.78, 5) is 18.6. The van der Waals surface area contributed by atoms with Gasteiger partial charge in [-0.2, -0.15) is 0 Å². The molecule has 26 heavy (non-hydrogen) atoms. The van der Waals surface area contributed by atoms with Crippen LogP contribution in [0.4, 0.5) is 5.69 Å². The number of fused-ring (bicyclic) bond motifs is 2. The monoisotopic (exact) mass is 350 g/mol. The second-order valence-electron chi connectivity index (χ2n) is 6.45. The molecule has 0 saturated carbocycles. The summed E-state index contributed by atoms with van der Waals surface area (Å²) in [6.07, 6.45) is 1.71. The molecular formula is C20H22N4O2. The molecule has 0 aliphatic rings. The molecule has 0 atom stereocenters. The van der Waals surface area contributed by atoms with Crippen molar-refractivity contribution in [2.75, 3.05) is 31.5 Å². The van der Waals surface area contributed by atoms with Gasteiger partial charge in [0.15, 0.2) is 5.43 Å². The Bertz CT molecular complexity index is 1130. The van der Waals surface area contributed by atoms with E-state index in [9.17, 15) is 9.90 Å². The van der Waals surface area contributed by atoms with Crippen molar-refractivity contribution in [3.8, 4) is 5.75 Å². The van der Waals surface area contributed by atoms with Crippen LogP contribution in [0.1, 0.15) is 13.8 Å². The van der Waals surface area contributed by atoms with E-state index in [-0.39, 0.29) is 11.2 Å². The molecule has 6 nitrogen and oxygen atoms in total. The van der Waals surface area contributed by atoms with Gasteiger partial charge in [-0.05, 0) is 37.4 Å². The van der Waals surface area contributed by atoms with E-state index in [0.29, 0.717) is 10.9 Å². The minimum atomic E-state index is -0.0876. The molecule has 0 aliphatic heterocycles. The second kappa shape index (κ2) is 6.46. The highest BCUT2D eigenvalue weighted by Crippen LogP contribution is 2.39. The van der Waals surface area contributed by atoms with Gasteiger partial charge in [0.05, 0.1) is 21.9 Å². The number of hydrogen-bond acceptors (Lipinski definition) is 5. The van der Waals surface area contributed by atoms with E-state index in [1.165, 1.54) is 12.1 Å². The molecule has 4 rings (SSSR count). The standard InChI is InChI=1S/C20H22N4O2/c1-3-23(4-2)10-9-21-15-7-8-16-19-18(15)20(26)14-6-5-13(25)11-17(14)24(19)12-22-16/h5-8,11-12,21,26H,3-4,9-10H2,1-2H3. The van der Waals surface area contributed by atoms with Gasteiger partial charge in [0.1, 0.15) is 12.1 Å². The highest BCUT2D eigenvalue weighted by atomic mass is 16.3. The number of benzene rings is 2. The van der Waals surface area contributed by atoms with Crippen molar-refractivity contribution in [1.82, 2.24) is 14.3 Å². The van der Waals surface area contributed by atoms with E-state index in [0.717, 1.165) is 48.3 Å². The van der Waals surface area contributed by atoms with Gasteiger partial charge in [0.25, 0.3) is 0 Å². The number of aromatic hydroxyl groups is 1. The minimum Gasteiger partial charge on any atom is -0.506 e. The van der Waals surface area contributed by atoms with Crippen LogP contribution in [0.5, 0.6) is 5.75 Å². The van der Waals surface area contributed by atoms with E-state index in [1.54, 1.807) is 12.4 Å². The number of anilines is 1. The van der Waals surface area contributed by atoms with E-state index < -0.39 is 0 Å². The predicted molar refractivity (Wildman–Crippen MR) is 106 cm³/mol. The van der Waals surface area contributed by atoms with Crippen LogP contribution in [0, 0.1) is 0 Å². The van der Waals surface area contributed by atoms with Crippen molar-refractivity contribution in [3.63, 3.8) is 0 Å². The van der Waals surface area contributed by atoms with Gasteiger partial charge in [-0.15, -0.1) is 0 Å². The first-order valence-electron chi connectivity index (χ1n) is 8.98. The van der Waals surface area contributed by atoms with Crippen LogP contribution in [-0.2, 0) is 0 Å². The lowest BCUT2D eigenvalue weighted by Gasteiger charge is -2.19. The van der Waals surface area contributed by atoms with E-state index in [2.05, 4.69) is 29.0 Å². The molecule has 0 spiro atoms. The van der Waals surface area contributed by atoms with Gasteiger partial charge in [-0.3, -0.25) is 9.20 Å². The zero-order chi connectivity index (χ0) is 18.3. The third kappa shape index (κ3) is 2.54. The molecule has 4 aromatic rings. The van der Waals surface area contributed by atoms with Crippen LogP contribution in [0.15, 0.2) is 41.5 Å². The predicted octanol–water partition coefficient (Wildman–Crippen LogP) is 2.90. The van der Waals surface area contributed by atoms with Gasteiger partial charge in [-0.1, -0.05) is 13.8 Å². The lowest BCUT2D eigenvalue weighted by molar-refractivity contribution is 0.316. The topological polar surface area (TPSA) is 69.9 Å². The lowest BCUT2D eigenvalue weighted by atomic mass is 10.1. The molecule has 0 saturated heterocycles. The summed E-state index contributed by atoms with van der Waals surface area (Å²) >= 11 is 0. The first kappa shape index (κ1) is 16.6. The Morgan fingerprint density at radius 2 is 2.00 bits per heavy atom. The van der Waals surface area contributed by atoms with Crippen LogP contribution < -0.4 is 10.7 Å². The van der Waals surface area contributed by atoms with E-state index in [1.807, 2.05) is 16.5 Å². The van der Waals surface area contributed by atoms with Gasteiger partial charge in [0.2, 0.25) is 0 Å². The fourth-order valence-electron chi connectivity index (χ4n) is 3.61. The number of nitrogens with zero attached hydrogens (tertiary/aromatic N) is 3. The molecule has 134 valence electrons. The van der Waals surface area contributed by atoms with Crippen molar-refractivity contribution >= 4 is 33.0 Å². The van der Waals surface area contributed by atoms with Crippen molar-refractivity contribution in [3.05, 3.63) is 46.9 Å². The zero-order valence-corrected chi connectivity index (χ0v) is 15.0. The Balaban J connectivity index is 1.86. The Morgan fingerprint density at radius 3 is 2.77 bits per heavy atom. The second-order valence-corrected chi connectivity index (χ2v) is 6.45. The summed E-state index contributed by atoms with van der Waals surface area (Å²) < 4.78 is 1.89. The highest BCUT2D eigenvalue weighted by molar-refractivity contribution is 6.12. The molecule has 0 radical (unpaired) electrons. The van der Waals surface area contributed by atoms with Gasteiger partial charge in [-0.25, -0.2) is 4.98 Å². The molecule has 0 bridgehead atoms. The minimum absolute atomic E-state index is 0.0876. The molecule has 0 aliphatic carbocycles. The fraction of sp³-hybridized carbons (Fsp3) is 0.300. The maximum Gasteiger partial charge on any atom is 0.180 e. The molecule has 6 heteroatoms. The summed E-state index contributed by atoms with van der Waals surface area (Å²) in [6, 6.07) is 8.59. The van der Waals surface area contributed by atoms with Crippen molar-refractivity contribution in [1.29, 1.82) is 0 Å². The van der Waals surface area contributed by atoms with E-state index in [4.69, 9.17) is 0 Å². The van der Waals surface area contributed by atoms with Crippen LogP contribution in [0.3, 0.4) is 0 Å². The zero-order valence-electron chi connectivity index (χ0n) is 15.0. The smallest absolute Gasteiger partial charge is 0.180 e. The van der Waals surface area contributed by atoms with Crippen molar-refractivity contribution in [2.24, 2.45) is 0 Å².